The molecule has 0 saturated heterocycles. The summed E-state index contributed by atoms with van der Waals surface area (Å²) in [6, 6.07) is 0. The first-order valence-electron chi connectivity index (χ1n) is 4.97. The van der Waals surface area contributed by atoms with Crippen LogP contribution in [0.1, 0.15) is 13.8 Å². The maximum Gasteiger partial charge on any atom is 0.148 e. The summed E-state index contributed by atoms with van der Waals surface area (Å²) in [7, 11) is 3.68. The number of nitrogens with one attached hydrogen (secondary N) is 1. The maximum absolute atomic E-state index is 9.75. The van der Waals surface area contributed by atoms with E-state index < -0.39 is 5.60 Å². The van der Waals surface area contributed by atoms with Crippen LogP contribution in [0.25, 0.3) is 0 Å². The number of aliphatic hydroxyl groups is 1. The Morgan fingerprint density at radius 1 is 1.50 bits per heavy atom. The van der Waals surface area contributed by atoms with Crippen molar-refractivity contribution in [3.63, 3.8) is 0 Å². The van der Waals surface area contributed by atoms with Gasteiger partial charge in [0.15, 0.2) is 0 Å². The van der Waals surface area contributed by atoms with Gasteiger partial charge in [-0.3, -0.25) is 0 Å². The Labute approximate surface area is 104 Å². The first-order chi connectivity index (χ1) is 7.35. The lowest BCUT2D eigenvalue weighted by atomic mass is 10.1. The fourth-order valence-electron chi connectivity index (χ4n) is 1.46. The van der Waals surface area contributed by atoms with Crippen molar-refractivity contribution in [1.29, 1.82) is 0 Å². The molecule has 0 saturated carbocycles. The number of anilines is 2. The van der Waals surface area contributed by atoms with Gasteiger partial charge in [0.2, 0.25) is 0 Å². The number of nitrogens with zero attached hydrogens (tertiary/aromatic N) is 3. The van der Waals surface area contributed by atoms with E-state index in [-0.39, 0.29) is 0 Å². The van der Waals surface area contributed by atoms with Gasteiger partial charge in [-0.05, 0) is 29.8 Å². The van der Waals surface area contributed by atoms with Gasteiger partial charge < -0.3 is 15.3 Å². The van der Waals surface area contributed by atoms with Crippen LogP contribution in [-0.2, 0) is 0 Å². The van der Waals surface area contributed by atoms with Crippen molar-refractivity contribution in [3.05, 3.63) is 10.8 Å². The van der Waals surface area contributed by atoms with Crippen LogP contribution in [0.15, 0.2) is 10.8 Å². The van der Waals surface area contributed by atoms with E-state index in [1.54, 1.807) is 20.9 Å². The standard InChI is InChI=1S/C10H17BrN4O/c1-10(2,16)5-15(4)9-7(11)8(12-3)13-6-14-9/h6,16H,5H2,1-4H3,(H,12,13,14). The Morgan fingerprint density at radius 3 is 2.62 bits per heavy atom. The lowest BCUT2D eigenvalue weighted by Gasteiger charge is -2.27. The fourth-order valence-corrected chi connectivity index (χ4v) is 2.16. The Bertz CT molecular complexity index is 364. The zero-order valence-corrected chi connectivity index (χ0v) is 11.5. The highest BCUT2D eigenvalue weighted by Crippen LogP contribution is 2.28. The molecule has 16 heavy (non-hydrogen) atoms. The van der Waals surface area contributed by atoms with Crippen LogP contribution in [-0.4, -0.2) is 41.3 Å². The van der Waals surface area contributed by atoms with Crippen LogP contribution in [0.3, 0.4) is 0 Å². The highest BCUT2D eigenvalue weighted by Gasteiger charge is 2.19. The van der Waals surface area contributed by atoms with Crippen molar-refractivity contribution in [1.82, 2.24) is 9.97 Å². The molecule has 6 heteroatoms. The molecule has 0 atom stereocenters. The molecule has 0 fully saturated rings. The highest BCUT2D eigenvalue weighted by atomic mass is 79.9. The molecular formula is C10H17BrN4O. The molecule has 0 aliphatic carbocycles. The Morgan fingerprint density at radius 2 is 2.12 bits per heavy atom. The minimum Gasteiger partial charge on any atom is -0.389 e. The van der Waals surface area contributed by atoms with Crippen molar-refractivity contribution in [2.24, 2.45) is 0 Å². The summed E-state index contributed by atoms with van der Waals surface area (Å²) < 4.78 is 0.796. The van der Waals surface area contributed by atoms with Crippen LogP contribution in [0.2, 0.25) is 0 Å². The van der Waals surface area contributed by atoms with Crippen LogP contribution >= 0.6 is 15.9 Å². The Kier molecular flexibility index (Phi) is 4.09. The van der Waals surface area contributed by atoms with E-state index in [2.05, 4.69) is 31.2 Å². The van der Waals surface area contributed by atoms with E-state index in [0.717, 1.165) is 16.1 Å². The lowest BCUT2D eigenvalue weighted by Crippen LogP contribution is -2.36. The maximum atomic E-state index is 9.75. The molecule has 2 N–H and O–H groups in total. The Balaban J connectivity index is 2.95. The van der Waals surface area contributed by atoms with Gasteiger partial charge in [0.05, 0.1) is 5.60 Å². The summed E-state index contributed by atoms with van der Waals surface area (Å²) in [5, 5.41) is 12.7. The summed E-state index contributed by atoms with van der Waals surface area (Å²) >= 11 is 3.44. The van der Waals surface area contributed by atoms with Gasteiger partial charge in [-0.15, -0.1) is 0 Å². The molecule has 0 bridgehead atoms. The summed E-state index contributed by atoms with van der Waals surface area (Å²) in [6.45, 7) is 4.01. The molecule has 90 valence electrons. The number of likely N-dealkylation sites (N-methyl/N-ethyl adjacent to an activating group) is 1. The van der Waals surface area contributed by atoms with Gasteiger partial charge >= 0.3 is 0 Å². The van der Waals surface area contributed by atoms with Crippen LogP contribution in [0.5, 0.6) is 0 Å². The summed E-state index contributed by atoms with van der Waals surface area (Å²) in [6.07, 6.45) is 1.49. The number of rotatable bonds is 4. The minimum atomic E-state index is -0.765. The van der Waals surface area contributed by atoms with E-state index in [4.69, 9.17) is 0 Å². The SMILES string of the molecule is CNc1ncnc(N(C)CC(C)(C)O)c1Br. The van der Waals surface area contributed by atoms with Gasteiger partial charge in [-0.25, -0.2) is 9.97 Å². The quantitative estimate of drug-likeness (QED) is 0.879. The molecule has 0 amide bonds. The van der Waals surface area contributed by atoms with Gasteiger partial charge in [0.25, 0.3) is 0 Å². The molecule has 0 radical (unpaired) electrons. The largest absolute Gasteiger partial charge is 0.389 e. The number of hydrogen-bond donors (Lipinski definition) is 2. The average Bonchev–Trinajstić information content (AvgIpc) is 2.15. The van der Waals surface area contributed by atoms with E-state index in [0.29, 0.717) is 6.54 Å². The molecule has 0 aliphatic rings. The molecule has 0 aromatic carbocycles. The third-order valence-electron chi connectivity index (χ3n) is 1.99. The monoisotopic (exact) mass is 288 g/mol. The molecule has 0 aliphatic heterocycles. The first kappa shape index (κ1) is 13.2. The fraction of sp³-hybridized carbons (Fsp3) is 0.600. The second kappa shape index (κ2) is 4.97. The zero-order valence-electron chi connectivity index (χ0n) is 9.95. The van der Waals surface area contributed by atoms with Crippen LogP contribution in [0.4, 0.5) is 11.6 Å². The van der Waals surface area contributed by atoms with Crippen molar-refractivity contribution in [3.8, 4) is 0 Å². The molecule has 1 heterocycles. The predicted molar refractivity (Wildman–Crippen MR) is 68.8 cm³/mol. The van der Waals surface area contributed by atoms with E-state index in [1.165, 1.54) is 6.33 Å². The first-order valence-corrected chi connectivity index (χ1v) is 5.76. The molecular weight excluding hydrogens is 272 g/mol. The number of hydrogen-bond acceptors (Lipinski definition) is 5. The minimum absolute atomic E-state index is 0.492. The predicted octanol–water partition coefficient (Wildman–Crippen LogP) is 1.49. The van der Waals surface area contributed by atoms with Crippen molar-refractivity contribution in [2.75, 3.05) is 30.9 Å². The lowest BCUT2D eigenvalue weighted by molar-refractivity contribution is 0.0884. The summed E-state index contributed by atoms with van der Waals surface area (Å²) in [5.74, 6) is 1.48. The molecule has 0 unspecified atom stereocenters. The van der Waals surface area contributed by atoms with Crippen molar-refractivity contribution < 1.29 is 5.11 Å². The highest BCUT2D eigenvalue weighted by molar-refractivity contribution is 9.10. The van der Waals surface area contributed by atoms with Gasteiger partial charge in [-0.2, -0.15) is 0 Å². The Hall–Kier alpha value is -0.880. The summed E-state index contributed by atoms with van der Waals surface area (Å²) in [4.78, 5) is 10.1. The zero-order chi connectivity index (χ0) is 12.3. The van der Waals surface area contributed by atoms with Crippen molar-refractivity contribution >= 4 is 27.6 Å². The number of aromatic nitrogens is 2. The van der Waals surface area contributed by atoms with E-state index in [1.807, 2.05) is 11.9 Å². The summed E-state index contributed by atoms with van der Waals surface area (Å²) in [5.41, 5.74) is -0.765. The van der Waals surface area contributed by atoms with Crippen molar-refractivity contribution in [2.45, 2.75) is 19.4 Å². The molecule has 5 nitrogen and oxygen atoms in total. The molecule has 0 spiro atoms. The van der Waals surface area contributed by atoms with Gasteiger partial charge in [-0.1, -0.05) is 0 Å². The topological polar surface area (TPSA) is 61.3 Å². The molecule has 1 aromatic rings. The van der Waals surface area contributed by atoms with E-state index in [9.17, 15) is 5.11 Å². The molecule has 1 rings (SSSR count). The van der Waals surface area contributed by atoms with Gasteiger partial charge in [0, 0.05) is 20.6 Å². The van der Waals surface area contributed by atoms with E-state index >= 15 is 0 Å². The van der Waals surface area contributed by atoms with Gasteiger partial charge in [0.1, 0.15) is 22.4 Å². The third kappa shape index (κ3) is 3.31. The number of halogens is 1. The smallest absolute Gasteiger partial charge is 0.148 e. The normalized spacial score (nSPS) is 11.4. The third-order valence-corrected chi connectivity index (χ3v) is 2.72. The molecule has 1 aromatic heterocycles. The second-order valence-corrected chi connectivity index (χ2v) is 5.07. The van der Waals surface area contributed by atoms with Crippen LogP contribution in [0, 0.1) is 0 Å². The van der Waals surface area contributed by atoms with Crippen LogP contribution < -0.4 is 10.2 Å². The second-order valence-electron chi connectivity index (χ2n) is 4.28. The average molecular weight is 289 g/mol.